The number of hydrogen-bond acceptors (Lipinski definition) is 7. The molecule has 0 spiro atoms. The van der Waals surface area contributed by atoms with Crippen LogP contribution in [0.1, 0.15) is 94.4 Å². The van der Waals surface area contributed by atoms with Gasteiger partial charge in [-0.25, -0.2) is 13.2 Å². The first-order chi connectivity index (χ1) is 22.1. The molecule has 0 aromatic carbocycles. The zero-order valence-corrected chi connectivity index (χ0v) is 31.1. The van der Waals surface area contributed by atoms with Crippen LogP contribution in [0.4, 0.5) is 4.79 Å². The summed E-state index contributed by atoms with van der Waals surface area (Å²) in [4.78, 5) is 68.8. The minimum atomic E-state index is -3.39. The average Bonchev–Trinajstić information content (AvgIpc) is 3.57. The van der Waals surface area contributed by atoms with Crippen molar-refractivity contribution in [2.45, 2.75) is 119 Å². The van der Waals surface area contributed by atoms with Crippen LogP contribution in [0.5, 0.6) is 0 Å². The number of rotatable bonds is 14. The van der Waals surface area contributed by atoms with Gasteiger partial charge in [-0.05, 0) is 48.3 Å². The standard InChI is InChI=1S/C34H58N6O7S/c1-11-13-15-24(27(41)30(43)35-17-12-2)36-29(42)26-23(22(3)4)16-19-40(26)31(44)28(34(8,9)10)38-32(45)37-25(33(5,6)7)21-39-18-14-20-48(39,46)47/h1,22-26,28H,12-21H2,2-10H3,(H,35,43)(H,36,42)(H2,37,38,45)/t23?,24?,25-,26+,28-/m1/s1. The largest absolute Gasteiger partial charge is 0.349 e. The molecular formula is C34H58N6O7S. The Kier molecular flexibility index (Phi) is 14.5. The summed E-state index contributed by atoms with van der Waals surface area (Å²) in [5, 5.41) is 11.0. The summed E-state index contributed by atoms with van der Waals surface area (Å²) in [6, 6.07) is -4.34. The normalized spacial score (nSPS) is 21.6. The number of Topliss-reactive ketones (excluding diaryl/α,β-unsaturated/α-hetero) is 1. The molecule has 272 valence electrons. The van der Waals surface area contributed by atoms with Crippen molar-refractivity contribution in [2.24, 2.45) is 22.7 Å². The maximum absolute atomic E-state index is 14.3. The molecule has 2 rings (SSSR count). The van der Waals surface area contributed by atoms with Crippen molar-refractivity contribution >= 4 is 39.6 Å². The molecule has 0 bridgehead atoms. The van der Waals surface area contributed by atoms with Gasteiger partial charge in [-0.3, -0.25) is 19.2 Å². The Morgan fingerprint density at radius 1 is 0.958 bits per heavy atom. The molecule has 5 amide bonds. The van der Waals surface area contributed by atoms with E-state index in [-0.39, 0.29) is 43.5 Å². The van der Waals surface area contributed by atoms with Crippen molar-refractivity contribution in [3.63, 3.8) is 0 Å². The lowest BCUT2D eigenvalue weighted by Crippen LogP contribution is -2.62. The van der Waals surface area contributed by atoms with Crippen LogP contribution in [0, 0.1) is 35.0 Å². The molecular weight excluding hydrogens is 636 g/mol. The average molecular weight is 695 g/mol. The van der Waals surface area contributed by atoms with E-state index in [0.717, 1.165) is 0 Å². The van der Waals surface area contributed by atoms with Gasteiger partial charge in [0.15, 0.2) is 0 Å². The molecule has 2 heterocycles. The van der Waals surface area contributed by atoms with E-state index in [2.05, 4.69) is 27.2 Å². The van der Waals surface area contributed by atoms with E-state index in [1.807, 2.05) is 62.3 Å². The zero-order valence-electron chi connectivity index (χ0n) is 30.3. The lowest BCUT2D eigenvalue weighted by atomic mass is 9.84. The van der Waals surface area contributed by atoms with Crippen molar-refractivity contribution < 1.29 is 32.4 Å². The van der Waals surface area contributed by atoms with Gasteiger partial charge in [0, 0.05) is 38.6 Å². The van der Waals surface area contributed by atoms with Crippen LogP contribution >= 0.6 is 0 Å². The van der Waals surface area contributed by atoms with Crippen molar-refractivity contribution in [1.82, 2.24) is 30.5 Å². The minimum Gasteiger partial charge on any atom is -0.349 e. The van der Waals surface area contributed by atoms with Crippen LogP contribution in [-0.4, -0.2) is 103 Å². The third kappa shape index (κ3) is 10.9. The van der Waals surface area contributed by atoms with Crippen LogP contribution in [0.2, 0.25) is 0 Å². The molecule has 0 saturated carbocycles. The molecule has 5 atom stereocenters. The first-order valence-electron chi connectivity index (χ1n) is 17.1. The quantitative estimate of drug-likeness (QED) is 0.159. The fourth-order valence-electron chi connectivity index (χ4n) is 6.12. The van der Waals surface area contributed by atoms with E-state index in [1.54, 1.807) is 0 Å². The minimum absolute atomic E-state index is 0.00465. The molecule has 0 aromatic heterocycles. The second-order valence-electron chi connectivity index (χ2n) is 15.5. The lowest BCUT2D eigenvalue weighted by Gasteiger charge is -2.38. The number of carbonyl (C=O) groups excluding carboxylic acids is 5. The van der Waals surface area contributed by atoms with Gasteiger partial charge in [0.1, 0.15) is 12.1 Å². The summed E-state index contributed by atoms with van der Waals surface area (Å²) in [5.41, 5.74) is -1.27. The summed E-state index contributed by atoms with van der Waals surface area (Å²) in [6.45, 7) is 18.0. The second-order valence-corrected chi connectivity index (χ2v) is 17.5. The maximum atomic E-state index is 14.3. The number of urea groups is 1. The molecule has 0 aliphatic carbocycles. The van der Waals surface area contributed by atoms with Gasteiger partial charge in [-0.1, -0.05) is 62.3 Å². The number of nitrogens with one attached hydrogen (secondary N) is 4. The lowest BCUT2D eigenvalue weighted by molar-refractivity contribution is -0.144. The van der Waals surface area contributed by atoms with E-state index in [0.29, 0.717) is 32.4 Å². The first kappa shape index (κ1) is 41.0. The van der Waals surface area contributed by atoms with E-state index < -0.39 is 74.6 Å². The third-order valence-electron chi connectivity index (χ3n) is 9.15. The van der Waals surface area contributed by atoms with Gasteiger partial charge < -0.3 is 26.2 Å². The number of likely N-dealkylation sites (tertiary alicyclic amines) is 1. The number of amides is 5. The Morgan fingerprint density at radius 3 is 2.10 bits per heavy atom. The second kappa shape index (κ2) is 17.0. The molecule has 2 unspecified atom stereocenters. The number of ketones is 1. The smallest absolute Gasteiger partial charge is 0.315 e. The van der Waals surface area contributed by atoms with E-state index >= 15 is 0 Å². The number of terminal acetylenes is 1. The predicted molar refractivity (Wildman–Crippen MR) is 185 cm³/mol. The van der Waals surface area contributed by atoms with Crippen molar-refractivity contribution in [2.75, 3.05) is 31.9 Å². The number of nitrogens with zero attached hydrogens (tertiary/aromatic N) is 2. The number of hydrogen-bond donors (Lipinski definition) is 4. The van der Waals surface area contributed by atoms with Crippen LogP contribution < -0.4 is 21.3 Å². The van der Waals surface area contributed by atoms with Crippen LogP contribution in [-0.2, 0) is 29.2 Å². The summed E-state index contributed by atoms with van der Waals surface area (Å²) in [7, 11) is -3.39. The first-order valence-corrected chi connectivity index (χ1v) is 18.7. The van der Waals surface area contributed by atoms with Gasteiger partial charge >= 0.3 is 6.03 Å². The molecule has 0 aromatic rings. The van der Waals surface area contributed by atoms with Gasteiger partial charge in [-0.2, -0.15) is 4.31 Å². The summed E-state index contributed by atoms with van der Waals surface area (Å²) in [5.74, 6) is -0.339. The molecule has 2 fully saturated rings. The summed E-state index contributed by atoms with van der Waals surface area (Å²) in [6.07, 6.45) is 7.34. The summed E-state index contributed by atoms with van der Waals surface area (Å²) >= 11 is 0. The van der Waals surface area contributed by atoms with E-state index in [9.17, 15) is 32.4 Å². The van der Waals surface area contributed by atoms with E-state index in [1.165, 1.54) is 9.21 Å². The topological polar surface area (TPSA) is 174 Å². The molecule has 2 aliphatic rings. The van der Waals surface area contributed by atoms with Crippen molar-refractivity contribution in [3.05, 3.63) is 0 Å². The Labute approximate surface area is 287 Å². The third-order valence-corrected chi connectivity index (χ3v) is 11.1. The Balaban J connectivity index is 2.34. The molecule has 2 aliphatic heterocycles. The van der Waals surface area contributed by atoms with Gasteiger partial charge in [-0.15, -0.1) is 12.3 Å². The Bertz CT molecular complexity index is 1330. The fourth-order valence-corrected chi connectivity index (χ4v) is 7.65. The van der Waals surface area contributed by atoms with Gasteiger partial charge in [0.2, 0.25) is 27.6 Å². The Hall–Kier alpha value is -3.18. The van der Waals surface area contributed by atoms with Crippen molar-refractivity contribution in [3.8, 4) is 12.3 Å². The highest BCUT2D eigenvalue weighted by Gasteiger charge is 2.48. The number of carbonyl (C=O) groups is 5. The highest BCUT2D eigenvalue weighted by atomic mass is 32.2. The fraction of sp³-hybridized carbons (Fsp3) is 0.794. The van der Waals surface area contributed by atoms with Gasteiger partial charge in [0.05, 0.1) is 11.8 Å². The monoisotopic (exact) mass is 694 g/mol. The zero-order chi connectivity index (χ0) is 36.6. The van der Waals surface area contributed by atoms with Crippen LogP contribution in [0.25, 0.3) is 0 Å². The van der Waals surface area contributed by atoms with Crippen LogP contribution in [0.3, 0.4) is 0 Å². The highest BCUT2D eigenvalue weighted by Crippen LogP contribution is 2.33. The molecule has 13 nitrogen and oxygen atoms in total. The Morgan fingerprint density at radius 2 is 1.60 bits per heavy atom. The van der Waals surface area contributed by atoms with Gasteiger partial charge in [0.25, 0.3) is 5.91 Å². The maximum Gasteiger partial charge on any atom is 0.315 e. The van der Waals surface area contributed by atoms with E-state index in [4.69, 9.17) is 6.42 Å². The highest BCUT2D eigenvalue weighted by molar-refractivity contribution is 7.89. The number of sulfonamides is 1. The molecule has 14 heteroatoms. The predicted octanol–water partition coefficient (Wildman–Crippen LogP) is 2.02. The molecule has 48 heavy (non-hydrogen) atoms. The summed E-state index contributed by atoms with van der Waals surface area (Å²) < 4.78 is 26.4. The molecule has 4 N–H and O–H groups in total. The SMILES string of the molecule is C#CCCC(NC(=O)[C@@H]1C(C(C)C)CCN1C(=O)[C@@H](NC(=O)N[C@H](CN1CCCS1(=O)=O)C(C)(C)C)C(C)(C)C)C(=O)C(=O)NCCC. The van der Waals surface area contributed by atoms with Crippen LogP contribution in [0.15, 0.2) is 0 Å². The molecule has 0 radical (unpaired) electrons. The van der Waals surface area contributed by atoms with Crippen molar-refractivity contribution in [1.29, 1.82) is 0 Å². The molecule has 2 saturated heterocycles.